The van der Waals surface area contributed by atoms with Crippen LogP contribution < -0.4 is 20.7 Å². The van der Waals surface area contributed by atoms with Crippen molar-refractivity contribution >= 4 is 27.9 Å². The first-order valence-corrected chi connectivity index (χ1v) is 12.4. The van der Waals surface area contributed by atoms with E-state index in [1.165, 1.54) is 25.4 Å². The van der Waals surface area contributed by atoms with Gasteiger partial charge in [-0.25, -0.2) is 17.6 Å². The van der Waals surface area contributed by atoms with Crippen molar-refractivity contribution < 1.29 is 17.5 Å². The maximum Gasteiger partial charge on any atom is 0.333 e. The fourth-order valence-corrected chi connectivity index (χ4v) is 4.17. The molecule has 0 aliphatic carbocycles. The average molecular weight is 509 g/mol. The lowest BCUT2D eigenvalue weighted by atomic mass is 9.99. The second-order valence-corrected chi connectivity index (χ2v) is 9.50. The number of hydrogen-bond donors (Lipinski definition) is 2. The maximum absolute atomic E-state index is 15.9. The summed E-state index contributed by atoms with van der Waals surface area (Å²) in [5, 5.41) is 0. The molecule has 0 spiro atoms. The number of benzene rings is 2. The Morgan fingerprint density at radius 2 is 1.75 bits per heavy atom. The number of ether oxygens (including phenoxy) is 1. The number of aromatic nitrogens is 3. The molecule has 0 saturated heterocycles. The molecule has 2 aromatic carbocycles. The van der Waals surface area contributed by atoms with Gasteiger partial charge in [0.15, 0.2) is 5.82 Å². The van der Waals surface area contributed by atoms with Crippen LogP contribution in [0.25, 0.3) is 29.0 Å². The maximum atomic E-state index is 15.9. The molecule has 0 amide bonds. The van der Waals surface area contributed by atoms with Crippen LogP contribution in [0.3, 0.4) is 0 Å². The standard InChI is InChI=1S/C25H21FN4O5S/c1-35-24-19(8-5-16-3-6-18(7-4-16)29-36(2,33)34)23(26)21(30-14-11-22(31)28-25(30)32)15-20(24)17-9-12-27-13-10-17/h3-15,29H,1-2H3,(H,28,31,32)/b8-5+. The number of halogens is 1. The molecule has 4 rings (SSSR count). The van der Waals surface area contributed by atoms with E-state index in [1.54, 1.807) is 54.9 Å². The summed E-state index contributed by atoms with van der Waals surface area (Å²) in [6.07, 6.45) is 8.52. The van der Waals surface area contributed by atoms with E-state index in [9.17, 15) is 18.0 Å². The molecule has 36 heavy (non-hydrogen) atoms. The predicted molar refractivity (Wildman–Crippen MR) is 136 cm³/mol. The van der Waals surface area contributed by atoms with Crippen molar-refractivity contribution in [2.75, 3.05) is 18.1 Å². The number of anilines is 1. The number of aromatic amines is 1. The summed E-state index contributed by atoms with van der Waals surface area (Å²) in [5.41, 5.74) is 0.803. The fraction of sp³-hybridized carbons (Fsp3) is 0.0800. The van der Waals surface area contributed by atoms with Crippen LogP contribution in [0.15, 0.2) is 76.7 Å². The number of rotatable bonds is 7. The Bertz CT molecular complexity index is 1660. The van der Waals surface area contributed by atoms with Gasteiger partial charge in [-0.1, -0.05) is 18.2 Å². The van der Waals surface area contributed by atoms with Crippen molar-refractivity contribution in [1.82, 2.24) is 14.5 Å². The van der Waals surface area contributed by atoms with Crippen LogP contribution in [-0.4, -0.2) is 36.3 Å². The van der Waals surface area contributed by atoms with Gasteiger partial charge < -0.3 is 4.74 Å². The third kappa shape index (κ3) is 5.41. The van der Waals surface area contributed by atoms with Gasteiger partial charge in [-0.15, -0.1) is 0 Å². The fourth-order valence-electron chi connectivity index (χ4n) is 3.60. The van der Waals surface area contributed by atoms with Crippen LogP contribution in [0, 0.1) is 5.82 Å². The van der Waals surface area contributed by atoms with Crippen LogP contribution in [0.1, 0.15) is 11.1 Å². The van der Waals surface area contributed by atoms with Crippen LogP contribution >= 0.6 is 0 Å². The first-order chi connectivity index (χ1) is 17.2. The van der Waals surface area contributed by atoms with E-state index >= 15 is 4.39 Å². The molecule has 0 saturated carbocycles. The lowest BCUT2D eigenvalue weighted by Gasteiger charge is -2.17. The highest BCUT2D eigenvalue weighted by molar-refractivity contribution is 7.92. The smallest absolute Gasteiger partial charge is 0.333 e. The topological polar surface area (TPSA) is 123 Å². The summed E-state index contributed by atoms with van der Waals surface area (Å²) < 4.78 is 47.7. The Hall–Kier alpha value is -4.51. The summed E-state index contributed by atoms with van der Waals surface area (Å²) in [7, 11) is -2.01. The minimum absolute atomic E-state index is 0.0678. The van der Waals surface area contributed by atoms with Gasteiger partial charge in [-0.3, -0.25) is 24.1 Å². The molecule has 11 heteroatoms. The third-order valence-electron chi connectivity index (χ3n) is 5.17. The molecule has 2 N–H and O–H groups in total. The zero-order valence-corrected chi connectivity index (χ0v) is 20.0. The average Bonchev–Trinajstić information content (AvgIpc) is 2.84. The number of nitrogens with one attached hydrogen (secondary N) is 2. The first kappa shape index (κ1) is 24.6. The number of methoxy groups -OCH3 is 1. The van der Waals surface area contributed by atoms with Crippen LogP contribution in [-0.2, 0) is 10.0 Å². The molecule has 0 atom stereocenters. The molecular formula is C25H21FN4O5S. The highest BCUT2D eigenvalue weighted by atomic mass is 32.2. The number of H-pyrrole nitrogens is 1. The van der Waals surface area contributed by atoms with Crippen LogP contribution in [0.4, 0.5) is 10.1 Å². The SMILES string of the molecule is COc1c(-c2ccncc2)cc(-n2ccc(=O)[nH]c2=O)c(F)c1/C=C/c1ccc(NS(C)(=O)=O)cc1. The number of sulfonamides is 1. The Morgan fingerprint density at radius 1 is 1.06 bits per heavy atom. The van der Waals surface area contributed by atoms with E-state index < -0.39 is 27.1 Å². The van der Waals surface area contributed by atoms with Crippen molar-refractivity contribution in [3.63, 3.8) is 0 Å². The lowest BCUT2D eigenvalue weighted by molar-refractivity contribution is 0.411. The van der Waals surface area contributed by atoms with E-state index in [1.807, 2.05) is 0 Å². The van der Waals surface area contributed by atoms with Crippen molar-refractivity contribution in [3.05, 3.63) is 105 Å². The highest BCUT2D eigenvalue weighted by Crippen LogP contribution is 2.38. The Kier molecular flexibility index (Phi) is 6.84. The minimum atomic E-state index is -3.42. The van der Waals surface area contributed by atoms with E-state index in [2.05, 4.69) is 14.7 Å². The molecule has 0 bridgehead atoms. The zero-order valence-electron chi connectivity index (χ0n) is 19.2. The monoisotopic (exact) mass is 508 g/mol. The van der Waals surface area contributed by atoms with Gasteiger partial charge in [0.1, 0.15) is 5.75 Å². The summed E-state index contributed by atoms with van der Waals surface area (Å²) in [6.45, 7) is 0. The number of nitrogens with zero attached hydrogens (tertiary/aromatic N) is 2. The zero-order chi connectivity index (χ0) is 25.9. The quantitative estimate of drug-likeness (QED) is 0.370. The van der Waals surface area contributed by atoms with E-state index in [4.69, 9.17) is 4.74 Å². The van der Waals surface area contributed by atoms with Gasteiger partial charge >= 0.3 is 5.69 Å². The predicted octanol–water partition coefficient (Wildman–Crippen LogP) is 3.28. The molecule has 0 unspecified atom stereocenters. The third-order valence-corrected chi connectivity index (χ3v) is 5.77. The Balaban J connectivity index is 1.88. The molecule has 0 fully saturated rings. The molecule has 2 aromatic heterocycles. The van der Waals surface area contributed by atoms with Crippen molar-refractivity contribution in [1.29, 1.82) is 0 Å². The second-order valence-electron chi connectivity index (χ2n) is 7.75. The first-order valence-electron chi connectivity index (χ1n) is 10.6. The van der Waals surface area contributed by atoms with Crippen LogP contribution in [0.2, 0.25) is 0 Å². The van der Waals surface area contributed by atoms with Gasteiger partial charge in [0.2, 0.25) is 10.0 Å². The summed E-state index contributed by atoms with van der Waals surface area (Å²) in [4.78, 5) is 30.1. The van der Waals surface area contributed by atoms with Gasteiger partial charge in [-0.2, -0.15) is 0 Å². The molecular weight excluding hydrogens is 487 g/mol. The molecule has 2 heterocycles. The summed E-state index contributed by atoms with van der Waals surface area (Å²) in [6, 6.07) is 12.5. The summed E-state index contributed by atoms with van der Waals surface area (Å²) >= 11 is 0. The van der Waals surface area contributed by atoms with Crippen molar-refractivity contribution in [3.8, 4) is 22.6 Å². The molecule has 9 nitrogen and oxygen atoms in total. The van der Waals surface area contributed by atoms with Gasteiger partial charge in [-0.05, 0) is 47.5 Å². The molecule has 4 aromatic rings. The van der Waals surface area contributed by atoms with Crippen molar-refractivity contribution in [2.24, 2.45) is 0 Å². The van der Waals surface area contributed by atoms with E-state index in [-0.39, 0.29) is 17.0 Å². The Morgan fingerprint density at radius 3 is 2.36 bits per heavy atom. The Labute approximate surface area is 205 Å². The van der Waals surface area contributed by atoms with Gasteiger partial charge in [0.25, 0.3) is 5.56 Å². The van der Waals surface area contributed by atoms with E-state index in [0.717, 1.165) is 16.9 Å². The minimum Gasteiger partial charge on any atom is -0.495 e. The lowest BCUT2D eigenvalue weighted by Crippen LogP contribution is -2.28. The second kappa shape index (κ2) is 10.0. The molecule has 0 aliphatic heterocycles. The number of hydrogen-bond acceptors (Lipinski definition) is 6. The molecule has 0 radical (unpaired) electrons. The summed E-state index contributed by atoms with van der Waals surface area (Å²) in [5.74, 6) is -0.517. The highest BCUT2D eigenvalue weighted by Gasteiger charge is 2.20. The normalized spacial score (nSPS) is 11.5. The largest absolute Gasteiger partial charge is 0.495 e. The van der Waals surface area contributed by atoms with E-state index in [0.29, 0.717) is 22.4 Å². The van der Waals surface area contributed by atoms with Crippen LogP contribution in [0.5, 0.6) is 5.75 Å². The molecule has 184 valence electrons. The van der Waals surface area contributed by atoms with Gasteiger partial charge in [0, 0.05) is 35.9 Å². The molecule has 0 aliphatic rings. The van der Waals surface area contributed by atoms with Crippen molar-refractivity contribution in [2.45, 2.75) is 0 Å². The van der Waals surface area contributed by atoms with Gasteiger partial charge in [0.05, 0.1) is 24.6 Å². The number of pyridine rings is 1.